The summed E-state index contributed by atoms with van der Waals surface area (Å²) in [6.45, 7) is 0. The van der Waals surface area contributed by atoms with Crippen molar-refractivity contribution in [3.63, 3.8) is 0 Å². The standard InChI is InChI=1S/C58H38N4/c1-3-16-38(17-4-1)39-30-32-41(33-31-39)57-59-56(40-18-5-2-6-19-40)60-58(61-57)43-21-15-20-42(36-43)45-35-34-44(62-53-28-13-11-24-48(53)49-25-12-14-29-54(49)62)37-52(45)55-50-26-9-7-22-46(50)47-23-8-10-27-51(47)55/h1-37,55H. The highest BCUT2D eigenvalue weighted by Crippen LogP contribution is 2.50. The van der Waals surface area contributed by atoms with Gasteiger partial charge in [-0.05, 0) is 80.4 Å². The summed E-state index contributed by atoms with van der Waals surface area (Å²) in [5.41, 5.74) is 17.4. The monoisotopic (exact) mass is 790 g/mol. The molecule has 0 saturated carbocycles. The first kappa shape index (κ1) is 35.7. The van der Waals surface area contributed by atoms with Crippen molar-refractivity contribution in [1.29, 1.82) is 0 Å². The molecule has 0 spiro atoms. The third-order valence-electron chi connectivity index (χ3n) is 12.4. The lowest BCUT2D eigenvalue weighted by Gasteiger charge is -2.21. The molecule has 9 aromatic carbocycles. The van der Waals surface area contributed by atoms with Crippen molar-refractivity contribution < 1.29 is 0 Å². The molecule has 0 amide bonds. The minimum Gasteiger partial charge on any atom is -0.309 e. The van der Waals surface area contributed by atoms with E-state index in [9.17, 15) is 0 Å². The Morgan fingerprint density at radius 1 is 0.290 bits per heavy atom. The van der Waals surface area contributed by atoms with E-state index in [-0.39, 0.29) is 5.92 Å². The summed E-state index contributed by atoms with van der Waals surface area (Å²) < 4.78 is 2.42. The maximum absolute atomic E-state index is 5.18. The Bertz CT molecular complexity index is 3360. The van der Waals surface area contributed by atoms with Gasteiger partial charge in [0.1, 0.15) is 0 Å². The number of fused-ring (bicyclic) bond motifs is 6. The van der Waals surface area contributed by atoms with Crippen LogP contribution in [0.5, 0.6) is 0 Å². The molecule has 0 N–H and O–H groups in total. The van der Waals surface area contributed by atoms with E-state index in [2.05, 4.69) is 205 Å². The van der Waals surface area contributed by atoms with Crippen molar-refractivity contribution >= 4 is 21.8 Å². The summed E-state index contributed by atoms with van der Waals surface area (Å²) >= 11 is 0. The van der Waals surface area contributed by atoms with Crippen LogP contribution in [0, 0.1) is 0 Å². The number of para-hydroxylation sites is 2. The van der Waals surface area contributed by atoms with E-state index in [0.29, 0.717) is 17.5 Å². The molecule has 0 radical (unpaired) electrons. The summed E-state index contributed by atoms with van der Waals surface area (Å²) in [7, 11) is 0. The maximum atomic E-state index is 5.18. The van der Waals surface area contributed by atoms with Gasteiger partial charge in [0.2, 0.25) is 0 Å². The molecule has 4 heteroatoms. The fourth-order valence-electron chi connectivity index (χ4n) is 9.50. The van der Waals surface area contributed by atoms with Crippen LogP contribution in [0.2, 0.25) is 0 Å². The van der Waals surface area contributed by atoms with Crippen LogP contribution in [-0.4, -0.2) is 19.5 Å². The summed E-state index contributed by atoms with van der Waals surface area (Å²) in [5, 5.41) is 2.49. The molecule has 0 aliphatic heterocycles. The zero-order valence-corrected chi connectivity index (χ0v) is 33.7. The maximum Gasteiger partial charge on any atom is 0.164 e. The van der Waals surface area contributed by atoms with Gasteiger partial charge in [-0.2, -0.15) is 0 Å². The largest absolute Gasteiger partial charge is 0.309 e. The van der Waals surface area contributed by atoms with E-state index in [0.717, 1.165) is 33.5 Å². The molecule has 0 saturated heterocycles. The van der Waals surface area contributed by atoms with Crippen molar-refractivity contribution in [2.75, 3.05) is 0 Å². The molecule has 0 bridgehead atoms. The molecule has 62 heavy (non-hydrogen) atoms. The Labute approximate surface area is 360 Å². The number of benzene rings is 9. The number of rotatable bonds is 7. The molecule has 0 fully saturated rings. The predicted molar refractivity (Wildman–Crippen MR) is 254 cm³/mol. The van der Waals surface area contributed by atoms with Crippen molar-refractivity contribution in [1.82, 2.24) is 19.5 Å². The molecular formula is C58H38N4. The lowest BCUT2D eigenvalue weighted by Crippen LogP contribution is -2.05. The summed E-state index contributed by atoms with van der Waals surface area (Å²) in [5.74, 6) is 1.93. The summed E-state index contributed by atoms with van der Waals surface area (Å²) in [4.78, 5) is 15.4. The number of hydrogen-bond acceptors (Lipinski definition) is 3. The Morgan fingerprint density at radius 3 is 1.37 bits per heavy atom. The lowest BCUT2D eigenvalue weighted by molar-refractivity contribution is 1.01. The van der Waals surface area contributed by atoms with E-state index in [1.54, 1.807) is 0 Å². The Kier molecular flexibility index (Phi) is 8.53. The fraction of sp³-hybridized carbons (Fsp3) is 0.0172. The first-order valence-corrected chi connectivity index (χ1v) is 21.1. The van der Waals surface area contributed by atoms with Gasteiger partial charge in [0.05, 0.1) is 11.0 Å². The van der Waals surface area contributed by atoms with Crippen molar-refractivity contribution in [3.8, 4) is 73.2 Å². The van der Waals surface area contributed by atoms with Crippen molar-refractivity contribution in [3.05, 3.63) is 241 Å². The van der Waals surface area contributed by atoms with Gasteiger partial charge in [-0.25, -0.2) is 15.0 Å². The highest BCUT2D eigenvalue weighted by Gasteiger charge is 2.32. The summed E-state index contributed by atoms with van der Waals surface area (Å²) in [6.07, 6.45) is 0. The van der Waals surface area contributed by atoms with Gasteiger partial charge >= 0.3 is 0 Å². The van der Waals surface area contributed by atoms with Crippen LogP contribution in [-0.2, 0) is 0 Å². The molecule has 0 unspecified atom stereocenters. The number of hydrogen-bond donors (Lipinski definition) is 0. The molecule has 12 rings (SSSR count). The van der Waals surface area contributed by atoms with Crippen LogP contribution in [0.3, 0.4) is 0 Å². The van der Waals surface area contributed by atoms with Crippen LogP contribution < -0.4 is 0 Å². The van der Waals surface area contributed by atoms with Gasteiger partial charge in [-0.3, -0.25) is 0 Å². The van der Waals surface area contributed by atoms with E-state index < -0.39 is 0 Å². The van der Waals surface area contributed by atoms with Gasteiger partial charge in [0.25, 0.3) is 0 Å². The molecule has 1 aliphatic rings. The third kappa shape index (κ3) is 6.03. The van der Waals surface area contributed by atoms with Crippen LogP contribution in [0.4, 0.5) is 0 Å². The van der Waals surface area contributed by atoms with Crippen molar-refractivity contribution in [2.24, 2.45) is 0 Å². The molecule has 11 aromatic rings. The molecule has 0 atom stereocenters. The van der Waals surface area contributed by atoms with Gasteiger partial charge < -0.3 is 4.57 Å². The normalized spacial score (nSPS) is 12.1. The SMILES string of the molecule is c1ccc(-c2ccc(-c3nc(-c4ccccc4)nc(-c4cccc(-c5ccc(-n6c7ccccc7c7ccccc76)cc5C5c6ccccc6-c6ccccc65)c4)n3)cc2)cc1. The highest BCUT2D eigenvalue weighted by atomic mass is 15.0. The number of nitrogens with zero attached hydrogens (tertiary/aromatic N) is 4. The smallest absolute Gasteiger partial charge is 0.164 e. The molecule has 1 aliphatic carbocycles. The van der Waals surface area contributed by atoms with E-state index in [1.165, 1.54) is 60.8 Å². The van der Waals surface area contributed by atoms with Crippen molar-refractivity contribution in [2.45, 2.75) is 5.92 Å². The molecular weight excluding hydrogens is 753 g/mol. The Balaban J connectivity index is 1.04. The fourth-order valence-corrected chi connectivity index (χ4v) is 9.50. The minimum absolute atomic E-state index is 0.0291. The van der Waals surface area contributed by atoms with E-state index in [1.807, 2.05) is 24.3 Å². The quantitative estimate of drug-likeness (QED) is 0.161. The second kappa shape index (κ2) is 14.8. The predicted octanol–water partition coefficient (Wildman–Crippen LogP) is 14.5. The molecule has 290 valence electrons. The zero-order chi connectivity index (χ0) is 41.0. The minimum atomic E-state index is 0.0291. The Morgan fingerprint density at radius 2 is 0.742 bits per heavy atom. The molecule has 2 heterocycles. The average Bonchev–Trinajstić information content (AvgIpc) is 3.87. The summed E-state index contributed by atoms with van der Waals surface area (Å²) in [6, 6.07) is 80.1. The average molecular weight is 791 g/mol. The van der Waals surface area contributed by atoms with Crippen LogP contribution >= 0.6 is 0 Å². The zero-order valence-electron chi connectivity index (χ0n) is 33.7. The van der Waals surface area contributed by atoms with Crippen LogP contribution in [0.25, 0.3) is 95.0 Å². The van der Waals surface area contributed by atoms with Gasteiger partial charge in [-0.15, -0.1) is 0 Å². The topological polar surface area (TPSA) is 43.6 Å². The lowest BCUT2D eigenvalue weighted by atomic mass is 9.83. The highest BCUT2D eigenvalue weighted by molar-refractivity contribution is 6.09. The third-order valence-corrected chi connectivity index (χ3v) is 12.4. The number of aromatic nitrogens is 4. The van der Waals surface area contributed by atoms with Gasteiger partial charge in [-0.1, -0.05) is 194 Å². The second-order valence-electron chi connectivity index (χ2n) is 15.9. The second-order valence-corrected chi connectivity index (χ2v) is 15.9. The first-order chi connectivity index (χ1) is 30.7. The molecule has 2 aromatic heterocycles. The Hall–Kier alpha value is -8.21. The van der Waals surface area contributed by atoms with E-state index in [4.69, 9.17) is 15.0 Å². The van der Waals surface area contributed by atoms with Gasteiger partial charge in [0.15, 0.2) is 17.5 Å². The van der Waals surface area contributed by atoms with Crippen LogP contribution in [0.1, 0.15) is 22.6 Å². The van der Waals surface area contributed by atoms with E-state index >= 15 is 0 Å². The molecule has 4 nitrogen and oxygen atoms in total. The van der Waals surface area contributed by atoms with Crippen LogP contribution in [0.15, 0.2) is 224 Å². The first-order valence-electron chi connectivity index (χ1n) is 21.1. The van der Waals surface area contributed by atoms with Gasteiger partial charge in [0, 0.05) is 39.1 Å².